The fourth-order valence-electron chi connectivity index (χ4n) is 1.47. The highest BCUT2D eigenvalue weighted by Gasteiger charge is 2.12. The van der Waals surface area contributed by atoms with Crippen LogP contribution in [0.25, 0.3) is 0 Å². The Balaban J connectivity index is 2.17. The molecule has 0 aliphatic carbocycles. The third-order valence-electron chi connectivity index (χ3n) is 2.43. The number of hydrogen-bond donors (Lipinski definition) is 1. The lowest BCUT2D eigenvalue weighted by Crippen LogP contribution is -2.00. The molecule has 0 unspecified atom stereocenters. The Morgan fingerprint density at radius 3 is 2.75 bits per heavy atom. The van der Waals surface area contributed by atoms with Gasteiger partial charge in [-0.1, -0.05) is 23.2 Å². The Morgan fingerprint density at radius 2 is 2.05 bits per heavy atom. The molecule has 20 heavy (non-hydrogen) atoms. The van der Waals surface area contributed by atoms with Crippen LogP contribution in [-0.4, -0.2) is 16.1 Å². The van der Waals surface area contributed by atoms with Gasteiger partial charge < -0.3 is 5.11 Å². The lowest BCUT2D eigenvalue weighted by Gasteiger charge is -2.05. The molecule has 0 fully saturated rings. The second-order valence-electron chi connectivity index (χ2n) is 3.80. The summed E-state index contributed by atoms with van der Waals surface area (Å²) in [7, 11) is 0. The van der Waals surface area contributed by atoms with Gasteiger partial charge in [0.2, 0.25) is 0 Å². The smallest absolute Gasteiger partial charge is 0.338 e. The van der Waals surface area contributed by atoms with Crippen LogP contribution in [0.5, 0.6) is 0 Å². The first kappa shape index (κ1) is 15.1. The van der Waals surface area contributed by atoms with Crippen molar-refractivity contribution >= 4 is 40.9 Å². The molecule has 0 atom stereocenters. The van der Waals surface area contributed by atoms with Gasteiger partial charge in [-0.3, -0.25) is 0 Å². The van der Waals surface area contributed by atoms with E-state index in [1.165, 1.54) is 23.9 Å². The number of aromatic carboxylic acids is 1. The Hall–Kier alpha value is -1.30. The molecule has 0 saturated heterocycles. The summed E-state index contributed by atoms with van der Waals surface area (Å²) < 4.78 is 13.3. The lowest BCUT2D eigenvalue weighted by atomic mass is 10.2. The first-order valence-electron chi connectivity index (χ1n) is 5.44. The molecule has 104 valence electrons. The Kier molecular flexibility index (Phi) is 4.86. The highest BCUT2D eigenvalue weighted by molar-refractivity contribution is 7.98. The zero-order valence-corrected chi connectivity index (χ0v) is 12.3. The highest BCUT2D eigenvalue weighted by atomic mass is 35.5. The van der Waals surface area contributed by atoms with Gasteiger partial charge in [-0.2, -0.15) is 0 Å². The van der Waals surface area contributed by atoms with E-state index in [0.717, 1.165) is 6.07 Å². The number of aromatic nitrogens is 1. The summed E-state index contributed by atoms with van der Waals surface area (Å²) in [5, 5.41) is 9.66. The summed E-state index contributed by atoms with van der Waals surface area (Å²) in [6.45, 7) is 0. The monoisotopic (exact) mass is 331 g/mol. The van der Waals surface area contributed by atoms with Crippen LogP contribution in [-0.2, 0) is 5.75 Å². The fourth-order valence-corrected chi connectivity index (χ4v) is 2.77. The minimum atomic E-state index is -1.30. The van der Waals surface area contributed by atoms with Crippen LogP contribution in [0.15, 0.2) is 35.2 Å². The van der Waals surface area contributed by atoms with Crippen LogP contribution in [0, 0.1) is 5.82 Å². The van der Waals surface area contributed by atoms with Crippen LogP contribution in [0.2, 0.25) is 10.2 Å². The molecule has 3 nitrogen and oxygen atoms in total. The summed E-state index contributed by atoms with van der Waals surface area (Å²) in [5.74, 6) is -1.66. The molecule has 1 N–H and O–H groups in total. The minimum Gasteiger partial charge on any atom is -0.478 e. The van der Waals surface area contributed by atoms with E-state index in [4.69, 9.17) is 28.3 Å². The van der Waals surface area contributed by atoms with Crippen molar-refractivity contribution in [2.75, 3.05) is 0 Å². The molecule has 7 heteroatoms. The van der Waals surface area contributed by atoms with E-state index in [0.29, 0.717) is 26.5 Å². The second-order valence-corrected chi connectivity index (χ2v) is 5.64. The highest BCUT2D eigenvalue weighted by Crippen LogP contribution is 2.27. The molecule has 0 spiro atoms. The van der Waals surface area contributed by atoms with Crippen LogP contribution in [0.1, 0.15) is 16.1 Å². The summed E-state index contributed by atoms with van der Waals surface area (Å²) in [4.78, 5) is 15.5. The van der Waals surface area contributed by atoms with E-state index in [2.05, 4.69) is 4.98 Å². The maximum absolute atomic E-state index is 13.3. The molecule has 0 aliphatic rings. The van der Waals surface area contributed by atoms with E-state index in [1.54, 1.807) is 12.1 Å². The van der Waals surface area contributed by atoms with Gasteiger partial charge in [0.25, 0.3) is 0 Å². The van der Waals surface area contributed by atoms with Gasteiger partial charge in [0.15, 0.2) is 0 Å². The van der Waals surface area contributed by atoms with Crippen molar-refractivity contribution in [3.05, 3.63) is 57.6 Å². The van der Waals surface area contributed by atoms with E-state index in [9.17, 15) is 9.18 Å². The van der Waals surface area contributed by atoms with Gasteiger partial charge in [0.05, 0.1) is 16.3 Å². The summed E-state index contributed by atoms with van der Waals surface area (Å²) in [6.07, 6.45) is 0. The van der Waals surface area contributed by atoms with Crippen LogP contribution in [0.4, 0.5) is 4.39 Å². The van der Waals surface area contributed by atoms with Crippen molar-refractivity contribution in [2.45, 2.75) is 10.6 Å². The first-order valence-corrected chi connectivity index (χ1v) is 7.18. The van der Waals surface area contributed by atoms with E-state index in [1.807, 2.05) is 0 Å². The van der Waals surface area contributed by atoms with E-state index in [-0.39, 0.29) is 5.56 Å². The normalized spacial score (nSPS) is 10.6. The predicted molar refractivity (Wildman–Crippen MR) is 77.2 cm³/mol. The number of pyridine rings is 1. The number of rotatable bonds is 4. The van der Waals surface area contributed by atoms with Gasteiger partial charge in [-0.25, -0.2) is 14.2 Å². The molecule has 1 aromatic heterocycles. The van der Waals surface area contributed by atoms with Crippen molar-refractivity contribution < 1.29 is 14.3 Å². The second kappa shape index (κ2) is 6.43. The van der Waals surface area contributed by atoms with Crippen LogP contribution >= 0.6 is 35.0 Å². The number of carbonyl (C=O) groups is 1. The molecule has 2 aromatic rings. The molecule has 0 bridgehead atoms. The van der Waals surface area contributed by atoms with Crippen molar-refractivity contribution in [3.8, 4) is 0 Å². The van der Waals surface area contributed by atoms with Gasteiger partial charge >= 0.3 is 5.97 Å². The van der Waals surface area contributed by atoms with Crippen molar-refractivity contribution in [3.63, 3.8) is 0 Å². The Labute approximate surface area is 128 Å². The van der Waals surface area contributed by atoms with Crippen LogP contribution in [0.3, 0.4) is 0 Å². The quantitative estimate of drug-likeness (QED) is 0.661. The number of benzene rings is 1. The standard InChI is InChI=1S/C13H8Cl2FNO2S/c14-9-2-4-12(15)17-11(9)6-20-7-1-3-10(16)8(5-7)13(18)19/h1-5H,6H2,(H,18,19). The van der Waals surface area contributed by atoms with Gasteiger partial charge in [0, 0.05) is 10.6 Å². The molecular weight excluding hydrogens is 324 g/mol. The number of carboxylic acid groups (broad SMARTS) is 1. The maximum Gasteiger partial charge on any atom is 0.338 e. The van der Waals surface area contributed by atoms with E-state index >= 15 is 0 Å². The number of thioether (sulfide) groups is 1. The Morgan fingerprint density at radius 1 is 1.30 bits per heavy atom. The van der Waals surface area contributed by atoms with Crippen molar-refractivity contribution in [2.24, 2.45) is 0 Å². The largest absolute Gasteiger partial charge is 0.478 e. The third kappa shape index (κ3) is 3.62. The maximum atomic E-state index is 13.3. The zero-order valence-electron chi connectivity index (χ0n) is 9.94. The number of halogens is 3. The molecule has 1 heterocycles. The predicted octanol–water partition coefficient (Wildman–Crippen LogP) is 4.52. The molecule has 0 saturated carbocycles. The van der Waals surface area contributed by atoms with Gasteiger partial charge in [0.1, 0.15) is 11.0 Å². The molecule has 0 amide bonds. The fraction of sp³-hybridized carbons (Fsp3) is 0.0769. The lowest BCUT2D eigenvalue weighted by molar-refractivity contribution is 0.0691. The third-order valence-corrected chi connectivity index (χ3v) is 3.99. The van der Waals surface area contributed by atoms with Crippen molar-refractivity contribution in [1.82, 2.24) is 4.98 Å². The molecular formula is C13H8Cl2FNO2S. The molecule has 1 aromatic carbocycles. The zero-order chi connectivity index (χ0) is 14.7. The summed E-state index contributed by atoms with van der Waals surface area (Å²) in [5.41, 5.74) is 0.227. The van der Waals surface area contributed by atoms with E-state index < -0.39 is 11.8 Å². The number of hydrogen-bond acceptors (Lipinski definition) is 3. The van der Waals surface area contributed by atoms with Crippen LogP contribution < -0.4 is 0 Å². The number of carboxylic acids is 1. The van der Waals surface area contributed by atoms with Gasteiger partial charge in [-0.05, 0) is 30.3 Å². The number of nitrogens with zero attached hydrogens (tertiary/aromatic N) is 1. The van der Waals surface area contributed by atoms with Crippen molar-refractivity contribution in [1.29, 1.82) is 0 Å². The first-order chi connectivity index (χ1) is 9.47. The topological polar surface area (TPSA) is 50.2 Å². The minimum absolute atomic E-state index is 0.329. The average Bonchev–Trinajstić information content (AvgIpc) is 2.41. The molecule has 0 radical (unpaired) electrons. The SMILES string of the molecule is O=C(O)c1cc(SCc2nc(Cl)ccc2Cl)ccc1F. The summed E-state index contributed by atoms with van der Waals surface area (Å²) >= 11 is 13.1. The molecule has 0 aliphatic heterocycles. The Bertz CT molecular complexity index is 667. The summed E-state index contributed by atoms with van der Waals surface area (Å²) in [6, 6.07) is 7.13. The molecule has 2 rings (SSSR count). The van der Waals surface area contributed by atoms with Gasteiger partial charge in [-0.15, -0.1) is 11.8 Å². The average molecular weight is 332 g/mol.